The molecule has 0 bridgehead atoms. The number of hydrogen-bond acceptors (Lipinski definition) is 3. The average molecular weight is 334 g/mol. The summed E-state index contributed by atoms with van der Waals surface area (Å²) < 4.78 is 0. The number of rotatable bonds is 3. The van der Waals surface area contributed by atoms with Gasteiger partial charge in [-0.05, 0) is 60.5 Å². The van der Waals surface area contributed by atoms with Crippen molar-refractivity contribution in [2.24, 2.45) is 0 Å². The van der Waals surface area contributed by atoms with Gasteiger partial charge in [-0.2, -0.15) is 0 Å². The van der Waals surface area contributed by atoms with Crippen molar-refractivity contribution in [3.63, 3.8) is 0 Å². The molecule has 2 aromatic rings. The molecular formula is C20H18N2OS. The average Bonchev–Trinajstić information content (AvgIpc) is 2.82. The lowest BCUT2D eigenvalue weighted by atomic mass is 10.1. The highest BCUT2D eigenvalue weighted by Crippen LogP contribution is 2.35. The van der Waals surface area contributed by atoms with Gasteiger partial charge in [0.2, 0.25) is 0 Å². The van der Waals surface area contributed by atoms with E-state index in [1.54, 1.807) is 0 Å². The molecule has 4 heteroatoms. The molecule has 0 spiro atoms. The summed E-state index contributed by atoms with van der Waals surface area (Å²) in [7, 11) is 0. The van der Waals surface area contributed by atoms with E-state index in [1.807, 2.05) is 80.6 Å². The first kappa shape index (κ1) is 16.3. The van der Waals surface area contributed by atoms with Crippen molar-refractivity contribution >= 4 is 34.6 Å². The number of nitrogens with one attached hydrogen (secondary N) is 1. The van der Waals surface area contributed by atoms with Crippen molar-refractivity contribution in [2.75, 3.05) is 4.90 Å². The standard InChI is InChI=1S/C20H18N2OS/c1-14-7-6-10-17(12-14)22-19(23)18(24-20(22)21)13-15(2)11-16-8-4-3-5-9-16/h3-13,21H,1-2H3/b15-11+,18-13-,21-20?. The van der Waals surface area contributed by atoms with E-state index in [0.717, 1.165) is 22.4 Å². The Morgan fingerprint density at radius 2 is 1.88 bits per heavy atom. The van der Waals surface area contributed by atoms with E-state index < -0.39 is 0 Å². The van der Waals surface area contributed by atoms with Crippen LogP contribution in [0.2, 0.25) is 0 Å². The number of aryl methyl sites for hydroxylation is 1. The van der Waals surface area contributed by atoms with Crippen LogP contribution in [0, 0.1) is 12.3 Å². The van der Waals surface area contributed by atoms with Gasteiger partial charge in [0.25, 0.3) is 5.91 Å². The molecule has 2 aromatic carbocycles. The number of carbonyl (C=O) groups is 1. The number of allylic oxidation sites excluding steroid dienone is 2. The number of amides is 1. The van der Waals surface area contributed by atoms with E-state index in [1.165, 1.54) is 16.7 Å². The highest BCUT2D eigenvalue weighted by Gasteiger charge is 2.33. The maximum absolute atomic E-state index is 12.7. The lowest BCUT2D eigenvalue weighted by molar-refractivity contribution is -0.113. The summed E-state index contributed by atoms with van der Waals surface area (Å²) in [5, 5.41) is 8.39. The Bertz CT molecular complexity index is 853. The fourth-order valence-corrected chi connectivity index (χ4v) is 3.46. The highest BCUT2D eigenvalue weighted by atomic mass is 32.2. The summed E-state index contributed by atoms with van der Waals surface area (Å²) >= 11 is 1.20. The van der Waals surface area contributed by atoms with Crippen LogP contribution in [-0.4, -0.2) is 11.1 Å². The quantitative estimate of drug-likeness (QED) is 0.803. The molecule has 1 N–H and O–H groups in total. The van der Waals surface area contributed by atoms with Crippen LogP contribution in [0.4, 0.5) is 5.69 Å². The second-order valence-corrected chi connectivity index (χ2v) is 6.73. The topological polar surface area (TPSA) is 44.2 Å². The zero-order chi connectivity index (χ0) is 17.1. The molecule has 1 amide bonds. The maximum atomic E-state index is 12.7. The second kappa shape index (κ2) is 6.89. The minimum Gasteiger partial charge on any atom is -0.278 e. The van der Waals surface area contributed by atoms with Crippen LogP contribution >= 0.6 is 11.8 Å². The fourth-order valence-electron chi connectivity index (χ4n) is 2.55. The molecule has 3 nitrogen and oxygen atoms in total. The molecule has 1 heterocycles. The SMILES string of the molecule is CC(/C=C1\SC(=N)N(c2cccc(C)c2)C1=O)=C\c1ccccc1. The molecule has 3 rings (SSSR count). The normalized spacial score (nSPS) is 17.0. The van der Waals surface area contributed by atoms with Gasteiger partial charge in [0.1, 0.15) is 0 Å². The number of anilines is 1. The minimum absolute atomic E-state index is 0.142. The molecule has 1 saturated heterocycles. The number of amidine groups is 1. The van der Waals surface area contributed by atoms with E-state index in [9.17, 15) is 4.79 Å². The van der Waals surface area contributed by atoms with E-state index in [2.05, 4.69) is 0 Å². The lowest BCUT2D eigenvalue weighted by Gasteiger charge is -2.14. The molecule has 24 heavy (non-hydrogen) atoms. The van der Waals surface area contributed by atoms with Gasteiger partial charge in [0.05, 0.1) is 10.6 Å². The summed E-state index contributed by atoms with van der Waals surface area (Å²) in [6.45, 7) is 3.94. The zero-order valence-corrected chi connectivity index (χ0v) is 14.4. The summed E-state index contributed by atoms with van der Waals surface area (Å²) in [6.07, 6.45) is 3.88. The molecular weight excluding hydrogens is 316 g/mol. The number of carbonyl (C=O) groups excluding carboxylic acids is 1. The molecule has 0 aliphatic carbocycles. The Morgan fingerprint density at radius 3 is 2.58 bits per heavy atom. The summed E-state index contributed by atoms with van der Waals surface area (Å²) in [6, 6.07) is 17.6. The van der Waals surface area contributed by atoms with Crippen molar-refractivity contribution in [2.45, 2.75) is 13.8 Å². The van der Waals surface area contributed by atoms with Crippen molar-refractivity contribution in [1.82, 2.24) is 0 Å². The van der Waals surface area contributed by atoms with Crippen LogP contribution in [0.5, 0.6) is 0 Å². The first-order chi connectivity index (χ1) is 11.5. The van der Waals surface area contributed by atoms with Gasteiger partial charge in [-0.25, -0.2) is 0 Å². The molecule has 0 saturated carbocycles. The van der Waals surface area contributed by atoms with Crippen molar-refractivity contribution in [1.29, 1.82) is 5.41 Å². The number of hydrogen-bond donors (Lipinski definition) is 1. The Kier molecular flexibility index (Phi) is 4.67. The third-order valence-electron chi connectivity index (χ3n) is 3.64. The van der Waals surface area contributed by atoms with Crippen LogP contribution < -0.4 is 4.90 Å². The van der Waals surface area contributed by atoms with Crippen LogP contribution in [0.25, 0.3) is 6.08 Å². The Balaban J connectivity index is 1.87. The van der Waals surface area contributed by atoms with E-state index >= 15 is 0 Å². The zero-order valence-electron chi connectivity index (χ0n) is 13.6. The van der Waals surface area contributed by atoms with Gasteiger partial charge in [0, 0.05) is 0 Å². The van der Waals surface area contributed by atoms with Crippen LogP contribution in [0.1, 0.15) is 18.1 Å². The molecule has 0 atom stereocenters. The fraction of sp³-hybridized carbons (Fsp3) is 0.100. The molecule has 120 valence electrons. The Hall–Kier alpha value is -2.59. The van der Waals surface area contributed by atoms with Crippen LogP contribution in [-0.2, 0) is 4.79 Å². The van der Waals surface area contributed by atoms with Crippen molar-refractivity contribution < 1.29 is 4.79 Å². The Labute approximate surface area is 146 Å². The first-order valence-electron chi connectivity index (χ1n) is 7.67. The smallest absolute Gasteiger partial charge is 0.271 e. The maximum Gasteiger partial charge on any atom is 0.271 e. The minimum atomic E-state index is -0.142. The third kappa shape index (κ3) is 3.49. The summed E-state index contributed by atoms with van der Waals surface area (Å²) in [4.78, 5) is 14.7. The van der Waals surface area contributed by atoms with E-state index in [0.29, 0.717) is 4.91 Å². The largest absolute Gasteiger partial charge is 0.278 e. The van der Waals surface area contributed by atoms with Crippen LogP contribution in [0.15, 0.2) is 71.2 Å². The third-order valence-corrected chi connectivity index (χ3v) is 4.52. The molecule has 1 fully saturated rings. The van der Waals surface area contributed by atoms with Crippen LogP contribution in [0.3, 0.4) is 0 Å². The van der Waals surface area contributed by atoms with Crippen molar-refractivity contribution in [3.05, 3.63) is 82.3 Å². The number of nitrogens with zero attached hydrogens (tertiary/aromatic N) is 1. The molecule has 1 aliphatic rings. The van der Waals surface area contributed by atoms with Gasteiger partial charge in [-0.1, -0.05) is 48.5 Å². The van der Waals surface area contributed by atoms with E-state index in [4.69, 9.17) is 5.41 Å². The van der Waals surface area contributed by atoms with Gasteiger partial charge in [-0.3, -0.25) is 15.1 Å². The second-order valence-electron chi connectivity index (χ2n) is 5.69. The molecule has 0 aromatic heterocycles. The van der Waals surface area contributed by atoms with Gasteiger partial charge in [-0.15, -0.1) is 0 Å². The lowest BCUT2D eigenvalue weighted by Crippen LogP contribution is -2.28. The van der Waals surface area contributed by atoms with E-state index in [-0.39, 0.29) is 11.1 Å². The van der Waals surface area contributed by atoms with Crippen molar-refractivity contribution in [3.8, 4) is 0 Å². The molecule has 0 unspecified atom stereocenters. The number of benzene rings is 2. The first-order valence-corrected chi connectivity index (χ1v) is 8.49. The summed E-state index contributed by atoms with van der Waals surface area (Å²) in [5.41, 5.74) is 3.88. The Morgan fingerprint density at radius 1 is 1.12 bits per heavy atom. The van der Waals surface area contributed by atoms with Gasteiger partial charge < -0.3 is 0 Å². The molecule has 1 aliphatic heterocycles. The molecule has 0 radical (unpaired) electrons. The van der Waals surface area contributed by atoms with Gasteiger partial charge >= 0.3 is 0 Å². The summed E-state index contributed by atoms with van der Waals surface area (Å²) in [5.74, 6) is -0.142. The highest BCUT2D eigenvalue weighted by molar-refractivity contribution is 8.19. The number of thioether (sulfide) groups is 1. The monoisotopic (exact) mass is 334 g/mol. The van der Waals surface area contributed by atoms with Gasteiger partial charge in [0.15, 0.2) is 5.17 Å². The predicted molar refractivity (Wildman–Crippen MR) is 102 cm³/mol. The predicted octanol–water partition coefficient (Wildman–Crippen LogP) is 5.00.